The molecular formula is C20H20N4O3S2. The van der Waals surface area contributed by atoms with Gasteiger partial charge >= 0.3 is 0 Å². The number of carbonyl (C=O) groups excluding carboxylic acids is 3. The molecule has 0 atom stereocenters. The molecule has 1 aromatic carbocycles. The Bertz CT molecular complexity index is 1030. The molecule has 0 saturated carbocycles. The minimum absolute atomic E-state index is 0.0657. The number of rotatable bonds is 7. The van der Waals surface area contributed by atoms with Crippen LogP contribution in [0.3, 0.4) is 0 Å². The summed E-state index contributed by atoms with van der Waals surface area (Å²) in [7, 11) is 0. The summed E-state index contributed by atoms with van der Waals surface area (Å²) < 4.78 is 0. The molecule has 7 nitrogen and oxygen atoms in total. The fourth-order valence-electron chi connectivity index (χ4n) is 2.53. The summed E-state index contributed by atoms with van der Waals surface area (Å²) in [5, 5.41) is 12.3. The van der Waals surface area contributed by atoms with Crippen molar-refractivity contribution in [3.05, 3.63) is 62.8 Å². The highest BCUT2D eigenvalue weighted by molar-refractivity contribution is 7.14. The first-order chi connectivity index (χ1) is 14.0. The second-order valence-electron chi connectivity index (χ2n) is 6.19. The number of nitrogens with one attached hydrogen (secondary N) is 3. The van der Waals surface area contributed by atoms with E-state index in [1.54, 1.807) is 35.7 Å². The van der Waals surface area contributed by atoms with E-state index < -0.39 is 0 Å². The minimum atomic E-state index is -0.248. The molecule has 0 saturated heterocycles. The summed E-state index contributed by atoms with van der Waals surface area (Å²) in [6, 6.07) is 8.71. The summed E-state index contributed by atoms with van der Waals surface area (Å²) in [6.07, 6.45) is 0.0657. The van der Waals surface area contributed by atoms with E-state index in [2.05, 4.69) is 20.9 Å². The van der Waals surface area contributed by atoms with Gasteiger partial charge in [0, 0.05) is 23.2 Å². The van der Waals surface area contributed by atoms with Crippen molar-refractivity contribution in [1.82, 2.24) is 10.3 Å². The first-order valence-corrected chi connectivity index (χ1v) is 10.7. The highest BCUT2D eigenvalue weighted by Crippen LogP contribution is 2.20. The molecule has 3 amide bonds. The molecule has 0 aliphatic carbocycles. The normalized spacial score (nSPS) is 10.4. The third kappa shape index (κ3) is 5.49. The maximum absolute atomic E-state index is 12.4. The van der Waals surface area contributed by atoms with E-state index in [-0.39, 0.29) is 24.1 Å². The fourth-order valence-corrected chi connectivity index (χ4v) is 3.86. The Morgan fingerprint density at radius 3 is 2.62 bits per heavy atom. The number of aryl methyl sites for hydroxylation is 1. The molecule has 2 aromatic heterocycles. The fraction of sp³-hybridized carbons (Fsp3) is 0.200. The van der Waals surface area contributed by atoms with Crippen molar-refractivity contribution in [2.24, 2.45) is 0 Å². The topological polar surface area (TPSA) is 100 Å². The maximum Gasteiger partial charge on any atom is 0.267 e. The van der Waals surface area contributed by atoms with Crippen molar-refractivity contribution in [2.75, 3.05) is 17.2 Å². The van der Waals surface area contributed by atoms with E-state index >= 15 is 0 Å². The van der Waals surface area contributed by atoms with Crippen LogP contribution in [0.1, 0.15) is 38.2 Å². The van der Waals surface area contributed by atoms with E-state index in [4.69, 9.17) is 0 Å². The largest absolute Gasteiger partial charge is 0.352 e. The first-order valence-electron chi connectivity index (χ1n) is 8.94. The third-order valence-electron chi connectivity index (χ3n) is 3.97. The van der Waals surface area contributed by atoms with Gasteiger partial charge in [-0.1, -0.05) is 12.1 Å². The predicted octanol–water partition coefficient (Wildman–Crippen LogP) is 3.70. The summed E-state index contributed by atoms with van der Waals surface area (Å²) in [5.74, 6) is -0.653. The molecule has 2 heterocycles. The van der Waals surface area contributed by atoms with Crippen LogP contribution in [0.15, 0.2) is 41.1 Å². The lowest BCUT2D eigenvalue weighted by Crippen LogP contribution is -2.23. The zero-order valence-electron chi connectivity index (χ0n) is 15.9. The Morgan fingerprint density at radius 2 is 1.90 bits per heavy atom. The van der Waals surface area contributed by atoms with Crippen LogP contribution in [-0.2, 0) is 11.2 Å². The number of amides is 3. The van der Waals surface area contributed by atoms with Gasteiger partial charge in [-0.05, 0) is 43.0 Å². The summed E-state index contributed by atoms with van der Waals surface area (Å²) in [4.78, 5) is 41.4. The van der Waals surface area contributed by atoms with Gasteiger partial charge in [-0.2, -0.15) is 0 Å². The van der Waals surface area contributed by atoms with Gasteiger partial charge in [-0.15, -0.1) is 22.7 Å². The van der Waals surface area contributed by atoms with Gasteiger partial charge < -0.3 is 10.6 Å². The van der Waals surface area contributed by atoms with Crippen LogP contribution < -0.4 is 16.0 Å². The second-order valence-corrected chi connectivity index (χ2v) is 8.00. The van der Waals surface area contributed by atoms with Crippen LogP contribution in [0, 0.1) is 6.92 Å². The number of thiophene rings is 1. The molecule has 3 rings (SSSR count). The number of nitrogens with zero attached hydrogens (tertiary/aromatic N) is 1. The number of benzene rings is 1. The van der Waals surface area contributed by atoms with E-state index in [1.807, 2.05) is 19.2 Å². The standard InChI is InChI=1S/C20H20N4O3S2/c1-3-21-18(26)13-7-6-12(2)15(9-13)23-17(25)10-14-11-29-20(22-14)24-19(27)16-5-4-8-28-16/h4-9,11H,3,10H2,1-2H3,(H,21,26)(H,23,25)(H,22,24,27). The zero-order valence-corrected chi connectivity index (χ0v) is 17.6. The van der Waals surface area contributed by atoms with Crippen LogP contribution in [-0.4, -0.2) is 29.3 Å². The van der Waals surface area contributed by atoms with Crippen LogP contribution in [0.4, 0.5) is 10.8 Å². The van der Waals surface area contributed by atoms with Gasteiger partial charge in [-0.3, -0.25) is 19.7 Å². The van der Waals surface area contributed by atoms with Crippen molar-refractivity contribution in [3.8, 4) is 0 Å². The highest BCUT2D eigenvalue weighted by atomic mass is 32.1. The molecule has 3 N–H and O–H groups in total. The van der Waals surface area contributed by atoms with E-state index in [0.717, 1.165) is 5.56 Å². The van der Waals surface area contributed by atoms with Gasteiger partial charge in [0.1, 0.15) is 0 Å². The maximum atomic E-state index is 12.4. The molecular weight excluding hydrogens is 408 g/mol. The SMILES string of the molecule is CCNC(=O)c1ccc(C)c(NC(=O)Cc2csc(NC(=O)c3cccs3)n2)c1. The molecule has 0 radical (unpaired) electrons. The molecule has 0 aliphatic heterocycles. The second kappa shape index (κ2) is 9.44. The summed E-state index contributed by atoms with van der Waals surface area (Å²) >= 11 is 2.62. The summed E-state index contributed by atoms with van der Waals surface area (Å²) in [5.41, 5.74) is 2.49. The Balaban J connectivity index is 1.61. The van der Waals surface area contributed by atoms with Gasteiger partial charge in [-0.25, -0.2) is 4.98 Å². The number of hydrogen-bond acceptors (Lipinski definition) is 6. The van der Waals surface area contributed by atoms with E-state index in [1.165, 1.54) is 22.7 Å². The average Bonchev–Trinajstić information content (AvgIpc) is 3.36. The van der Waals surface area contributed by atoms with Gasteiger partial charge in [0.25, 0.3) is 11.8 Å². The van der Waals surface area contributed by atoms with Crippen molar-refractivity contribution >= 4 is 51.2 Å². The minimum Gasteiger partial charge on any atom is -0.352 e. The van der Waals surface area contributed by atoms with Crippen molar-refractivity contribution in [3.63, 3.8) is 0 Å². The van der Waals surface area contributed by atoms with Crippen LogP contribution in [0.2, 0.25) is 0 Å². The van der Waals surface area contributed by atoms with E-state index in [9.17, 15) is 14.4 Å². The predicted molar refractivity (Wildman–Crippen MR) is 116 cm³/mol. The number of hydrogen-bond donors (Lipinski definition) is 3. The van der Waals surface area contributed by atoms with Crippen molar-refractivity contribution < 1.29 is 14.4 Å². The quantitative estimate of drug-likeness (QED) is 0.534. The lowest BCUT2D eigenvalue weighted by molar-refractivity contribution is -0.115. The monoisotopic (exact) mass is 428 g/mol. The molecule has 0 bridgehead atoms. The van der Waals surface area contributed by atoms with Crippen LogP contribution in [0.5, 0.6) is 0 Å². The first kappa shape index (κ1) is 20.7. The third-order valence-corrected chi connectivity index (χ3v) is 5.65. The van der Waals surface area contributed by atoms with Gasteiger partial charge in [0.2, 0.25) is 5.91 Å². The molecule has 0 spiro atoms. The Labute approximate surface area is 176 Å². The van der Waals surface area contributed by atoms with Crippen molar-refractivity contribution in [2.45, 2.75) is 20.3 Å². The Kier molecular flexibility index (Phi) is 6.73. The highest BCUT2D eigenvalue weighted by Gasteiger charge is 2.13. The molecule has 150 valence electrons. The molecule has 0 aliphatic rings. The Hall–Kier alpha value is -3.04. The smallest absolute Gasteiger partial charge is 0.267 e. The van der Waals surface area contributed by atoms with Gasteiger partial charge in [0.15, 0.2) is 5.13 Å². The molecule has 0 unspecified atom stereocenters. The number of carbonyl (C=O) groups is 3. The summed E-state index contributed by atoms with van der Waals surface area (Å²) in [6.45, 7) is 4.24. The number of aromatic nitrogens is 1. The number of thiazole rings is 1. The van der Waals surface area contributed by atoms with Crippen LogP contribution >= 0.6 is 22.7 Å². The molecule has 9 heteroatoms. The lowest BCUT2D eigenvalue weighted by Gasteiger charge is -2.10. The average molecular weight is 429 g/mol. The molecule has 0 fully saturated rings. The zero-order chi connectivity index (χ0) is 20.8. The van der Waals surface area contributed by atoms with Crippen molar-refractivity contribution in [1.29, 1.82) is 0 Å². The van der Waals surface area contributed by atoms with Crippen LogP contribution in [0.25, 0.3) is 0 Å². The van der Waals surface area contributed by atoms with E-state index in [0.29, 0.717) is 33.5 Å². The lowest BCUT2D eigenvalue weighted by atomic mass is 10.1. The molecule has 3 aromatic rings. The number of anilines is 2. The van der Waals surface area contributed by atoms with Gasteiger partial charge in [0.05, 0.1) is 17.0 Å². The molecule has 29 heavy (non-hydrogen) atoms. The Morgan fingerprint density at radius 1 is 1.07 bits per heavy atom.